The first-order valence-electron chi connectivity index (χ1n) is 6.51. The molecule has 0 saturated carbocycles. The summed E-state index contributed by atoms with van der Waals surface area (Å²) in [4.78, 5) is 13.7. The van der Waals surface area contributed by atoms with E-state index >= 15 is 0 Å². The second-order valence-corrected chi connectivity index (χ2v) is 7.93. The van der Waals surface area contributed by atoms with Crippen LogP contribution in [0.3, 0.4) is 0 Å². The lowest BCUT2D eigenvalue weighted by Crippen LogP contribution is -2.10. The van der Waals surface area contributed by atoms with Crippen LogP contribution in [0.4, 0.5) is 0 Å². The fourth-order valence-corrected chi connectivity index (χ4v) is 3.29. The highest BCUT2D eigenvalue weighted by molar-refractivity contribution is 14.1. The molecule has 0 aliphatic rings. The van der Waals surface area contributed by atoms with Crippen molar-refractivity contribution in [2.75, 3.05) is 0 Å². The molecule has 0 amide bonds. The normalized spacial score (nSPS) is 11.9. The van der Waals surface area contributed by atoms with Crippen LogP contribution < -0.4 is 0 Å². The average Bonchev–Trinajstić information content (AvgIpc) is 2.84. The number of aromatic nitrogens is 3. The summed E-state index contributed by atoms with van der Waals surface area (Å²) in [6.07, 6.45) is 1.94. The highest BCUT2D eigenvalue weighted by atomic mass is 127. The van der Waals surface area contributed by atoms with Gasteiger partial charge < -0.3 is 0 Å². The van der Waals surface area contributed by atoms with Crippen LogP contribution in [0.25, 0.3) is 11.5 Å². The number of halogens is 2. The third kappa shape index (κ3) is 3.49. The van der Waals surface area contributed by atoms with Crippen molar-refractivity contribution in [1.82, 2.24) is 15.0 Å². The lowest BCUT2D eigenvalue weighted by molar-refractivity contribution is 0.586. The Morgan fingerprint density at radius 2 is 1.95 bits per heavy atom. The SMILES string of the molecule is CCCc1nc(-c2csc(C(C)(C)C)n2)nc(Cl)c1I. The fourth-order valence-electron chi connectivity index (χ4n) is 1.70. The lowest BCUT2D eigenvalue weighted by Gasteiger charge is -2.13. The van der Waals surface area contributed by atoms with Crippen molar-refractivity contribution >= 4 is 45.5 Å². The molecule has 0 unspecified atom stereocenters. The van der Waals surface area contributed by atoms with Crippen LogP contribution in [0.5, 0.6) is 0 Å². The molecular weight excluding hydrogens is 405 g/mol. The Morgan fingerprint density at radius 1 is 1.25 bits per heavy atom. The molecule has 2 rings (SSSR count). The first-order valence-corrected chi connectivity index (χ1v) is 8.85. The van der Waals surface area contributed by atoms with Gasteiger partial charge in [-0.05, 0) is 29.0 Å². The second kappa shape index (κ2) is 6.23. The highest BCUT2D eigenvalue weighted by Gasteiger charge is 2.20. The summed E-state index contributed by atoms with van der Waals surface area (Å²) < 4.78 is 0.946. The minimum atomic E-state index is 0.0438. The molecule has 2 aromatic rings. The fraction of sp³-hybridized carbons (Fsp3) is 0.500. The van der Waals surface area contributed by atoms with E-state index < -0.39 is 0 Å². The number of hydrogen-bond donors (Lipinski definition) is 0. The third-order valence-electron chi connectivity index (χ3n) is 2.74. The van der Waals surface area contributed by atoms with E-state index in [1.54, 1.807) is 11.3 Å². The molecule has 20 heavy (non-hydrogen) atoms. The van der Waals surface area contributed by atoms with Gasteiger partial charge in [0.1, 0.15) is 10.8 Å². The molecule has 0 aromatic carbocycles. The van der Waals surface area contributed by atoms with Crippen LogP contribution >= 0.6 is 45.5 Å². The van der Waals surface area contributed by atoms with Gasteiger partial charge in [-0.3, -0.25) is 0 Å². The van der Waals surface area contributed by atoms with E-state index in [-0.39, 0.29) is 5.41 Å². The first-order chi connectivity index (χ1) is 9.32. The smallest absolute Gasteiger partial charge is 0.180 e. The molecule has 0 N–H and O–H groups in total. The molecular formula is C14H17ClIN3S. The zero-order valence-electron chi connectivity index (χ0n) is 12.0. The summed E-state index contributed by atoms with van der Waals surface area (Å²) >= 11 is 10.1. The number of hydrogen-bond acceptors (Lipinski definition) is 4. The van der Waals surface area contributed by atoms with Crippen molar-refractivity contribution in [3.8, 4) is 11.5 Å². The number of aryl methyl sites for hydroxylation is 1. The Balaban J connectivity index is 2.45. The molecule has 0 bridgehead atoms. The standard InChI is InChI=1S/C14H17ClIN3S/c1-5-6-8-10(16)11(15)19-12(17-8)9-7-20-13(18-9)14(2,3)4/h7H,5-6H2,1-4H3. The highest BCUT2D eigenvalue weighted by Crippen LogP contribution is 2.30. The van der Waals surface area contributed by atoms with Crippen LogP contribution in [0.1, 0.15) is 44.8 Å². The third-order valence-corrected chi connectivity index (χ3v) is 5.73. The number of thiazole rings is 1. The summed E-state index contributed by atoms with van der Waals surface area (Å²) in [5.41, 5.74) is 1.87. The molecule has 2 aromatic heterocycles. The van der Waals surface area contributed by atoms with Gasteiger partial charge in [-0.1, -0.05) is 45.7 Å². The Hall–Kier alpha value is -0.270. The summed E-state index contributed by atoms with van der Waals surface area (Å²) in [7, 11) is 0. The van der Waals surface area contributed by atoms with E-state index in [1.165, 1.54) is 0 Å². The van der Waals surface area contributed by atoms with E-state index in [2.05, 4.69) is 65.2 Å². The number of nitrogens with zero attached hydrogens (tertiary/aromatic N) is 3. The summed E-state index contributed by atoms with van der Waals surface area (Å²) in [5.74, 6) is 0.630. The predicted octanol–water partition coefficient (Wildman–Crippen LogP) is 5.11. The van der Waals surface area contributed by atoms with Gasteiger partial charge in [0.05, 0.1) is 14.3 Å². The Bertz CT molecular complexity index is 619. The number of rotatable bonds is 3. The van der Waals surface area contributed by atoms with Gasteiger partial charge in [0.25, 0.3) is 0 Å². The minimum absolute atomic E-state index is 0.0438. The second-order valence-electron chi connectivity index (χ2n) is 5.64. The van der Waals surface area contributed by atoms with Crippen LogP contribution in [-0.4, -0.2) is 15.0 Å². The lowest BCUT2D eigenvalue weighted by atomic mass is 9.98. The zero-order chi connectivity index (χ0) is 14.9. The molecule has 3 nitrogen and oxygen atoms in total. The molecule has 0 fully saturated rings. The Kier molecular flexibility index (Phi) is 5.02. The molecule has 0 saturated heterocycles. The average molecular weight is 422 g/mol. The first kappa shape index (κ1) is 16.1. The van der Waals surface area contributed by atoms with Crippen molar-refractivity contribution in [2.24, 2.45) is 0 Å². The van der Waals surface area contributed by atoms with Gasteiger partial charge in [0, 0.05) is 10.8 Å². The van der Waals surface area contributed by atoms with Crippen LogP contribution in [-0.2, 0) is 11.8 Å². The van der Waals surface area contributed by atoms with E-state index in [1.807, 2.05) is 5.38 Å². The molecule has 0 radical (unpaired) electrons. The Morgan fingerprint density at radius 3 is 2.50 bits per heavy atom. The van der Waals surface area contributed by atoms with Crippen LogP contribution in [0, 0.1) is 3.57 Å². The Labute approximate surface area is 142 Å². The maximum absolute atomic E-state index is 6.22. The van der Waals surface area contributed by atoms with Gasteiger partial charge in [-0.25, -0.2) is 15.0 Å². The van der Waals surface area contributed by atoms with Crippen molar-refractivity contribution in [1.29, 1.82) is 0 Å². The quantitative estimate of drug-likeness (QED) is 0.511. The zero-order valence-corrected chi connectivity index (χ0v) is 15.7. The molecule has 2 heterocycles. The molecule has 0 aliphatic carbocycles. The predicted molar refractivity (Wildman–Crippen MR) is 93.6 cm³/mol. The molecule has 6 heteroatoms. The summed E-state index contributed by atoms with van der Waals surface area (Å²) in [6, 6.07) is 0. The van der Waals surface area contributed by atoms with E-state index in [0.717, 1.165) is 32.8 Å². The van der Waals surface area contributed by atoms with Gasteiger partial charge in [0.15, 0.2) is 5.82 Å². The van der Waals surface area contributed by atoms with Crippen molar-refractivity contribution in [2.45, 2.75) is 46.0 Å². The molecule has 0 spiro atoms. The summed E-state index contributed by atoms with van der Waals surface area (Å²) in [5, 5.41) is 3.61. The monoisotopic (exact) mass is 421 g/mol. The van der Waals surface area contributed by atoms with Crippen molar-refractivity contribution in [3.63, 3.8) is 0 Å². The van der Waals surface area contributed by atoms with E-state index in [9.17, 15) is 0 Å². The van der Waals surface area contributed by atoms with Gasteiger partial charge in [-0.2, -0.15) is 0 Å². The topological polar surface area (TPSA) is 38.7 Å². The maximum Gasteiger partial charge on any atom is 0.180 e. The van der Waals surface area contributed by atoms with E-state index in [0.29, 0.717) is 11.0 Å². The van der Waals surface area contributed by atoms with Crippen molar-refractivity contribution in [3.05, 3.63) is 24.8 Å². The van der Waals surface area contributed by atoms with Gasteiger partial charge in [-0.15, -0.1) is 11.3 Å². The molecule has 0 aliphatic heterocycles. The molecule has 0 atom stereocenters. The van der Waals surface area contributed by atoms with E-state index in [4.69, 9.17) is 11.6 Å². The largest absolute Gasteiger partial charge is 0.237 e. The minimum Gasteiger partial charge on any atom is -0.237 e. The maximum atomic E-state index is 6.22. The van der Waals surface area contributed by atoms with Crippen LogP contribution in [0.2, 0.25) is 5.15 Å². The molecule has 108 valence electrons. The van der Waals surface area contributed by atoms with Gasteiger partial charge in [0.2, 0.25) is 0 Å². The van der Waals surface area contributed by atoms with Gasteiger partial charge >= 0.3 is 0 Å². The van der Waals surface area contributed by atoms with Crippen LogP contribution in [0.15, 0.2) is 5.38 Å². The van der Waals surface area contributed by atoms with Crippen molar-refractivity contribution < 1.29 is 0 Å². The summed E-state index contributed by atoms with van der Waals surface area (Å²) in [6.45, 7) is 8.59.